The van der Waals surface area contributed by atoms with E-state index < -0.39 is 0 Å². The van der Waals surface area contributed by atoms with Crippen molar-refractivity contribution >= 4 is 28.1 Å². The fourth-order valence-corrected chi connectivity index (χ4v) is 5.46. The van der Waals surface area contributed by atoms with Crippen LogP contribution < -0.4 is 9.64 Å². The summed E-state index contributed by atoms with van der Waals surface area (Å²) in [6.45, 7) is 2.49. The standard InChI is InChI=1S/C31H29N3O2/c1-21-17-26-9-5-6-10-29(26)33(21)20-31(35)34-30(23-13-15-27(36-2)16-14-23)19-28(32-34)25-12-11-22-7-3-4-8-24(22)18-25/h3-16,18,21,30H,17,19-20H2,1-2H3. The van der Waals surface area contributed by atoms with Gasteiger partial charge >= 0.3 is 0 Å². The number of carbonyl (C=O) groups is 1. The molecule has 0 bridgehead atoms. The van der Waals surface area contributed by atoms with Gasteiger partial charge in [0.05, 0.1) is 25.4 Å². The number of para-hydroxylation sites is 1. The molecule has 4 aromatic carbocycles. The van der Waals surface area contributed by atoms with E-state index in [-0.39, 0.29) is 18.0 Å². The van der Waals surface area contributed by atoms with Gasteiger partial charge in [-0.3, -0.25) is 4.79 Å². The summed E-state index contributed by atoms with van der Waals surface area (Å²) in [6, 6.07) is 31.2. The van der Waals surface area contributed by atoms with Gasteiger partial charge < -0.3 is 9.64 Å². The fourth-order valence-electron chi connectivity index (χ4n) is 5.46. The SMILES string of the molecule is COc1ccc(C2CC(c3ccc4ccccc4c3)=NN2C(=O)CN2c3ccccc3CC2C)cc1. The van der Waals surface area contributed by atoms with Gasteiger partial charge in [0, 0.05) is 18.2 Å². The van der Waals surface area contributed by atoms with Crippen LogP contribution in [0.2, 0.25) is 0 Å². The summed E-state index contributed by atoms with van der Waals surface area (Å²) in [5.41, 5.74) is 5.49. The van der Waals surface area contributed by atoms with Crippen molar-refractivity contribution in [3.63, 3.8) is 0 Å². The number of hydrogen-bond donors (Lipinski definition) is 0. The fraction of sp³-hybridized carbons (Fsp3) is 0.226. The Bertz CT molecular complexity index is 1460. The average Bonchev–Trinajstić information content (AvgIpc) is 3.50. The predicted molar refractivity (Wildman–Crippen MR) is 145 cm³/mol. The highest BCUT2D eigenvalue weighted by atomic mass is 16.5. The summed E-state index contributed by atoms with van der Waals surface area (Å²) in [5.74, 6) is 0.808. The molecular weight excluding hydrogens is 446 g/mol. The Morgan fingerprint density at radius 1 is 0.917 bits per heavy atom. The molecule has 2 heterocycles. The monoisotopic (exact) mass is 475 g/mol. The van der Waals surface area contributed by atoms with E-state index in [0.29, 0.717) is 13.0 Å². The van der Waals surface area contributed by atoms with E-state index in [0.717, 1.165) is 34.7 Å². The van der Waals surface area contributed by atoms with Crippen LogP contribution in [0.3, 0.4) is 0 Å². The highest BCUT2D eigenvalue weighted by Crippen LogP contribution is 2.36. The van der Waals surface area contributed by atoms with Gasteiger partial charge in [0.25, 0.3) is 5.91 Å². The first-order valence-corrected chi connectivity index (χ1v) is 12.5. The van der Waals surface area contributed by atoms with Crippen molar-refractivity contribution in [2.45, 2.75) is 31.8 Å². The number of methoxy groups -OCH3 is 1. The maximum absolute atomic E-state index is 13.8. The summed E-state index contributed by atoms with van der Waals surface area (Å²) < 4.78 is 5.36. The minimum absolute atomic E-state index is 0.00941. The number of nitrogens with zero attached hydrogens (tertiary/aromatic N) is 3. The minimum Gasteiger partial charge on any atom is -0.497 e. The molecule has 0 radical (unpaired) electrons. The van der Waals surface area contributed by atoms with E-state index >= 15 is 0 Å². The van der Waals surface area contributed by atoms with Crippen LogP contribution >= 0.6 is 0 Å². The largest absolute Gasteiger partial charge is 0.497 e. The summed E-state index contributed by atoms with van der Waals surface area (Å²) in [5, 5.41) is 9.01. The van der Waals surface area contributed by atoms with Gasteiger partial charge in [0.1, 0.15) is 5.75 Å². The van der Waals surface area contributed by atoms with Gasteiger partial charge in [0.15, 0.2) is 0 Å². The van der Waals surface area contributed by atoms with Gasteiger partial charge in [-0.25, -0.2) is 5.01 Å². The Hall–Kier alpha value is -4.12. The smallest absolute Gasteiger partial charge is 0.262 e. The second-order valence-corrected chi connectivity index (χ2v) is 9.65. The number of ether oxygens (including phenoxy) is 1. The first-order chi connectivity index (χ1) is 17.6. The molecule has 5 nitrogen and oxygen atoms in total. The zero-order chi connectivity index (χ0) is 24.6. The number of hydrazone groups is 1. The van der Waals surface area contributed by atoms with Crippen molar-refractivity contribution in [2.24, 2.45) is 5.10 Å². The molecule has 36 heavy (non-hydrogen) atoms. The number of anilines is 1. The third-order valence-electron chi connectivity index (χ3n) is 7.40. The number of hydrogen-bond acceptors (Lipinski definition) is 4. The molecular formula is C31H29N3O2. The Kier molecular flexibility index (Phi) is 5.68. The molecule has 0 aliphatic carbocycles. The predicted octanol–water partition coefficient (Wildman–Crippen LogP) is 5.98. The van der Waals surface area contributed by atoms with Crippen molar-refractivity contribution in [3.8, 4) is 5.75 Å². The maximum atomic E-state index is 13.8. The first kappa shape index (κ1) is 22.4. The summed E-state index contributed by atoms with van der Waals surface area (Å²) in [7, 11) is 1.66. The highest BCUT2D eigenvalue weighted by Gasteiger charge is 2.36. The van der Waals surface area contributed by atoms with Crippen LogP contribution in [0, 0.1) is 0 Å². The Morgan fingerprint density at radius 3 is 2.47 bits per heavy atom. The lowest BCUT2D eigenvalue weighted by molar-refractivity contribution is -0.131. The molecule has 5 heteroatoms. The van der Waals surface area contributed by atoms with Gasteiger partial charge in [0.2, 0.25) is 0 Å². The lowest BCUT2D eigenvalue weighted by Crippen LogP contribution is -2.40. The Balaban J connectivity index is 1.34. The maximum Gasteiger partial charge on any atom is 0.262 e. The summed E-state index contributed by atoms with van der Waals surface area (Å²) in [6.07, 6.45) is 1.62. The van der Waals surface area contributed by atoms with Crippen molar-refractivity contribution < 1.29 is 9.53 Å². The lowest BCUT2D eigenvalue weighted by Gasteiger charge is -2.28. The van der Waals surface area contributed by atoms with Crippen LogP contribution in [-0.2, 0) is 11.2 Å². The van der Waals surface area contributed by atoms with E-state index in [1.54, 1.807) is 12.1 Å². The summed E-state index contributed by atoms with van der Waals surface area (Å²) in [4.78, 5) is 16.0. The minimum atomic E-state index is -0.155. The zero-order valence-corrected chi connectivity index (χ0v) is 20.6. The average molecular weight is 476 g/mol. The molecule has 0 saturated carbocycles. The topological polar surface area (TPSA) is 45.1 Å². The molecule has 6 rings (SSSR count). The number of rotatable bonds is 5. The third-order valence-corrected chi connectivity index (χ3v) is 7.40. The van der Waals surface area contributed by atoms with Crippen LogP contribution in [-0.4, -0.2) is 36.3 Å². The lowest BCUT2D eigenvalue weighted by atomic mass is 9.97. The van der Waals surface area contributed by atoms with Gasteiger partial charge in [-0.1, -0.05) is 66.7 Å². The van der Waals surface area contributed by atoms with E-state index in [2.05, 4.69) is 60.4 Å². The molecule has 180 valence electrons. The van der Waals surface area contributed by atoms with Gasteiger partial charge in [-0.15, -0.1) is 0 Å². The number of carbonyl (C=O) groups excluding carboxylic acids is 1. The molecule has 0 aromatic heterocycles. The van der Waals surface area contributed by atoms with Crippen molar-refractivity contribution in [3.05, 3.63) is 108 Å². The number of benzene rings is 4. The molecule has 1 amide bonds. The van der Waals surface area contributed by atoms with Gasteiger partial charge in [-0.2, -0.15) is 5.10 Å². The first-order valence-electron chi connectivity index (χ1n) is 12.5. The Morgan fingerprint density at radius 2 is 1.67 bits per heavy atom. The van der Waals surface area contributed by atoms with E-state index in [4.69, 9.17) is 9.84 Å². The normalized spacial score (nSPS) is 18.9. The van der Waals surface area contributed by atoms with E-state index in [9.17, 15) is 4.79 Å². The van der Waals surface area contributed by atoms with E-state index in [1.165, 1.54) is 16.3 Å². The third kappa shape index (κ3) is 4.01. The van der Waals surface area contributed by atoms with Crippen LogP contribution in [0.5, 0.6) is 5.75 Å². The van der Waals surface area contributed by atoms with Crippen LogP contribution in [0.4, 0.5) is 5.69 Å². The molecule has 0 N–H and O–H groups in total. The van der Waals surface area contributed by atoms with Crippen LogP contribution in [0.25, 0.3) is 10.8 Å². The molecule has 2 aliphatic rings. The molecule has 0 saturated heterocycles. The molecule has 2 unspecified atom stereocenters. The molecule has 0 spiro atoms. The van der Waals surface area contributed by atoms with Crippen LogP contribution in [0.15, 0.2) is 96.1 Å². The zero-order valence-electron chi connectivity index (χ0n) is 20.6. The number of amides is 1. The highest BCUT2D eigenvalue weighted by molar-refractivity contribution is 6.05. The Labute approximate surface area is 211 Å². The number of fused-ring (bicyclic) bond motifs is 2. The molecule has 2 atom stereocenters. The molecule has 2 aliphatic heterocycles. The molecule has 4 aromatic rings. The van der Waals surface area contributed by atoms with Crippen molar-refractivity contribution in [1.29, 1.82) is 0 Å². The van der Waals surface area contributed by atoms with Gasteiger partial charge in [-0.05, 0) is 65.1 Å². The second-order valence-electron chi connectivity index (χ2n) is 9.65. The summed E-state index contributed by atoms with van der Waals surface area (Å²) >= 11 is 0. The van der Waals surface area contributed by atoms with Crippen molar-refractivity contribution in [2.75, 3.05) is 18.6 Å². The van der Waals surface area contributed by atoms with Crippen molar-refractivity contribution in [1.82, 2.24) is 5.01 Å². The van der Waals surface area contributed by atoms with Crippen LogP contribution in [0.1, 0.15) is 36.1 Å². The van der Waals surface area contributed by atoms with E-state index in [1.807, 2.05) is 42.5 Å². The second kappa shape index (κ2) is 9.15. The quantitative estimate of drug-likeness (QED) is 0.357. The molecule has 0 fully saturated rings.